The normalized spacial score (nSPS) is 20.0. The van der Waals surface area contributed by atoms with Crippen molar-refractivity contribution in [2.75, 3.05) is 33.4 Å². The van der Waals surface area contributed by atoms with E-state index < -0.39 is 0 Å². The predicted octanol–water partition coefficient (Wildman–Crippen LogP) is 3.00. The lowest BCUT2D eigenvalue weighted by molar-refractivity contribution is -0.153. The molecule has 1 heterocycles. The van der Waals surface area contributed by atoms with Crippen LogP contribution in [0.4, 0.5) is 0 Å². The summed E-state index contributed by atoms with van der Waals surface area (Å²) < 4.78 is 10.2. The molecule has 4 nitrogen and oxygen atoms in total. The third kappa shape index (κ3) is 6.71. The Labute approximate surface area is 123 Å². The number of hydrogen-bond donors (Lipinski definition) is 0. The van der Waals surface area contributed by atoms with Gasteiger partial charge < -0.3 is 9.47 Å². The van der Waals surface area contributed by atoms with Gasteiger partial charge in [0.25, 0.3) is 0 Å². The van der Waals surface area contributed by atoms with Crippen LogP contribution in [0.25, 0.3) is 0 Å². The average molecular weight is 285 g/mol. The van der Waals surface area contributed by atoms with Gasteiger partial charge in [-0.15, -0.1) is 0 Å². The van der Waals surface area contributed by atoms with E-state index in [9.17, 15) is 4.79 Å². The molecule has 0 bridgehead atoms. The molecule has 1 unspecified atom stereocenters. The quantitative estimate of drug-likeness (QED) is 0.457. The van der Waals surface area contributed by atoms with E-state index in [0.717, 1.165) is 19.7 Å². The number of unbranched alkanes of at least 4 members (excludes halogenated alkanes) is 7. The molecule has 0 aliphatic carbocycles. The number of methoxy groups -OCH3 is 1. The van der Waals surface area contributed by atoms with Gasteiger partial charge in [-0.25, -0.2) is 0 Å². The molecule has 0 saturated carbocycles. The summed E-state index contributed by atoms with van der Waals surface area (Å²) in [5.74, 6) is -0.163. The van der Waals surface area contributed by atoms with E-state index in [1.165, 1.54) is 58.5 Å². The van der Waals surface area contributed by atoms with E-state index in [2.05, 4.69) is 11.8 Å². The van der Waals surface area contributed by atoms with Crippen molar-refractivity contribution in [2.24, 2.45) is 0 Å². The number of morpholine rings is 1. The van der Waals surface area contributed by atoms with Crippen molar-refractivity contribution in [3.05, 3.63) is 0 Å². The molecule has 1 rings (SSSR count). The highest BCUT2D eigenvalue weighted by Crippen LogP contribution is 2.12. The first-order valence-electron chi connectivity index (χ1n) is 8.19. The Morgan fingerprint density at radius 2 is 1.80 bits per heavy atom. The molecule has 1 fully saturated rings. The first kappa shape index (κ1) is 17.4. The lowest BCUT2D eigenvalue weighted by atomic mass is 10.1. The van der Waals surface area contributed by atoms with Crippen LogP contribution in [-0.4, -0.2) is 50.3 Å². The van der Waals surface area contributed by atoms with Crippen molar-refractivity contribution in [1.29, 1.82) is 0 Å². The highest BCUT2D eigenvalue weighted by molar-refractivity contribution is 5.75. The van der Waals surface area contributed by atoms with Gasteiger partial charge in [0, 0.05) is 6.54 Å². The zero-order valence-corrected chi connectivity index (χ0v) is 13.2. The molecule has 0 radical (unpaired) electrons. The monoisotopic (exact) mass is 285 g/mol. The summed E-state index contributed by atoms with van der Waals surface area (Å²) in [5.41, 5.74) is 0. The number of nitrogens with zero attached hydrogens (tertiary/aromatic N) is 1. The van der Waals surface area contributed by atoms with Crippen LogP contribution in [0.3, 0.4) is 0 Å². The second-order valence-electron chi connectivity index (χ2n) is 5.62. The van der Waals surface area contributed by atoms with Crippen LogP contribution in [0.1, 0.15) is 58.3 Å². The average Bonchev–Trinajstić information content (AvgIpc) is 2.49. The molecular formula is C16H31NO3. The number of carbonyl (C=O) groups excluding carboxylic acids is 1. The molecule has 1 atom stereocenters. The molecule has 1 aliphatic rings. The second kappa shape index (κ2) is 11.1. The minimum Gasteiger partial charge on any atom is -0.468 e. The summed E-state index contributed by atoms with van der Waals surface area (Å²) in [5, 5.41) is 0. The van der Waals surface area contributed by atoms with Crippen molar-refractivity contribution in [2.45, 2.75) is 64.3 Å². The molecule has 0 aromatic carbocycles. The Morgan fingerprint density at radius 3 is 2.45 bits per heavy atom. The third-order valence-electron chi connectivity index (χ3n) is 4.01. The molecule has 20 heavy (non-hydrogen) atoms. The van der Waals surface area contributed by atoms with Crippen molar-refractivity contribution in [1.82, 2.24) is 4.90 Å². The Balaban J connectivity index is 2.08. The van der Waals surface area contributed by atoms with Crippen molar-refractivity contribution in [3.8, 4) is 0 Å². The minimum atomic E-state index is -0.196. The van der Waals surface area contributed by atoms with Crippen LogP contribution in [-0.2, 0) is 14.3 Å². The van der Waals surface area contributed by atoms with Crippen molar-refractivity contribution in [3.63, 3.8) is 0 Å². The summed E-state index contributed by atoms with van der Waals surface area (Å²) in [6.07, 6.45) is 10.5. The van der Waals surface area contributed by atoms with Crippen LogP contribution in [0.2, 0.25) is 0 Å². The van der Waals surface area contributed by atoms with Gasteiger partial charge in [0.05, 0.1) is 20.3 Å². The van der Waals surface area contributed by atoms with E-state index in [4.69, 9.17) is 9.47 Å². The molecule has 1 aliphatic heterocycles. The Bertz CT molecular complexity index is 258. The fourth-order valence-electron chi connectivity index (χ4n) is 2.71. The lowest BCUT2D eigenvalue weighted by Gasteiger charge is -2.33. The summed E-state index contributed by atoms with van der Waals surface area (Å²) in [6.45, 7) is 5.28. The molecule has 0 aromatic heterocycles. The smallest absolute Gasteiger partial charge is 0.325 e. The van der Waals surface area contributed by atoms with Gasteiger partial charge >= 0.3 is 5.97 Å². The van der Waals surface area contributed by atoms with E-state index in [0.29, 0.717) is 6.61 Å². The molecular weight excluding hydrogens is 254 g/mol. The van der Waals surface area contributed by atoms with E-state index in [1.54, 1.807) is 0 Å². The fourth-order valence-corrected chi connectivity index (χ4v) is 2.71. The van der Waals surface area contributed by atoms with Crippen molar-refractivity contribution >= 4 is 5.97 Å². The number of rotatable bonds is 10. The zero-order chi connectivity index (χ0) is 14.6. The van der Waals surface area contributed by atoms with Gasteiger partial charge in [0.15, 0.2) is 0 Å². The van der Waals surface area contributed by atoms with E-state index in [-0.39, 0.29) is 12.0 Å². The van der Waals surface area contributed by atoms with Crippen LogP contribution in [0, 0.1) is 0 Å². The standard InChI is InChI=1S/C16H31NO3/c1-3-4-5-6-7-8-9-10-11-17-12-13-20-14-15(17)16(18)19-2/h15H,3-14H2,1-2H3. The molecule has 4 heteroatoms. The van der Waals surface area contributed by atoms with Gasteiger partial charge in [-0.2, -0.15) is 0 Å². The summed E-state index contributed by atoms with van der Waals surface area (Å²) in [7, 11) is 1.45. The SMILES string of the molecule is CCCCCCCCCCN1CCOCC1C(=O)OC. The summed E-state index contributed by atoms with van der Waals surface area (Å²) >= 11 is 0. The van der Waals surface area contributed by atoms with E-state index in [1.807, 2.05) is 0 Å². The first-order chi connectivity index (χ1) is 9.79. The number of ether oxygens (including phenoxy) is 2. The molecule has 118 valence electrons. The van der Waals surface area contributed by atoms with Gasteiger partial charge in [0.1, 0.15) is 6.04 Å². The molecule has 0 N–H and O–H groups in total. The Hall–Kier alpha value is -0.610. The first-order valence-corrected chi connectivity index (χ1v) is 8.19. The van der Waals surface area contributed by atoms with Gasteiger partial charge in [0.2, 0.25) is 0 Å². The maximum atomic E-state index is 11.7. The van der Waals surface area contributed by atoms with Crippen LogP contribution in [0.15, 0.2) is 0 Å². The van der Waals surface area contributed by atoms with Crippen LogP contribution >= 0.6 is 0 Å². The maximum absolute atomic E-state index is 11.7. The largest absolute Gasteiger partial charge is 0.468 e. The third-order valence-corrected chi connectivity index (χ3v) is 4.01. The number of hydrogen-bond acceptors (Lipinski definition) is 4. The summed E-state index contributed by atoms with van der Waals surface area (Å²) in [6, 6.07) is -0.196. The fraction of sp³-hybridized carbons (Fsp3) is 0.938. The number of esters is 1. The molecule has 0 amide bonds. The molecule has 0 spiro atoms. The van der Waals surface area contributed by atoms with Crippen LogP contribution < -0.4 is 0 Å². The topological polar surface area (TPSA) is 38.8 Å². The highest BCUT2D eigenvalue weighted by Gasteiger charge is 2.29. The van der Waals surface area contributed by atoms with Crippen LogP contribution in [0.5, 0.6) is 0 Å². The van der Waals surface area contributed by atoms with Gasteiger partial charge in [-0.3, -0.25) is 9.69 Å². The number of carbonyl (C=O) groups is 1. The molecule has 1 saturated heterocycles. The second-order valence-corrected chi connectivity index (χ2v) is 5.62. The van der Waals surface area contributed by atoms with Gasteiger partial charge in [-0.1, -0.05) is 51.9 Å². The minimum absolute atomic E-state index is 0.163. The lowest BCUT2D eigenvalue weighted by Crippen LogP contribution is -2.50. The maximum Gasteiger partial charge on any atom is 0.325 e. The summed E-state index contributed by atoms with van der Waals surface area (Å²) in [4.78, 5) is 13.9. The highest BCUT2D eigenvalue weighted by atomic mass is 16.5. The van der Waals surface area contributed by atoms with Gasteiger partial charge in [-0.05, 0) is 13.0 Å². The Kier molecular flexibility index (Phi) is 9.67. The predicted molar refractivity (Wildman–Crippen MR) is 80.8 cm³/mol. The Morgan fingerprint density at radius 1 is 1.15 bits per heavy atom. The molecule has 0 aromatic rings. The zero-order valence-electron chi connectivity index (χ0n) is 13.2. The van der Waals surface area contributed by atoms with Crippen molar-refractivity contribution < 1.29 is 14.3 Å². The van der Waals surface area contributed by atoms with E-state index >= 15 is 0 Å².